The number of halogens is 1. The topological polar surface area (TPSA) is 50.9 Å². The van der Waals surface area contributed by atoms with E-state index >= 15 is 0 Å². The van der Waals surface area contributed by atoms with E-state index in [0.717, 1.165) is 5.56 Å². The average Bonchev–Trinajstić information content (AvgIpc) is 2.89. The van der Waals surface area contributed by atoms with Crippen molar-refractivity contribution in [1.29, 1.82) is 0 Å². The molecule has 1 heterocycles. The molecule has 1 N–H and O–H groups in total. The Balaban J connectivity index is 2.26. The molecule has 0 saturated heterocycles. The van der Waals surface area contributed by atoms with Gasteiger partial charge in [0.15, 0.2) is 0 Å². The molecule has 0 amide bonds. The van der Waals surface area contributed by atoms with E-state index in [1.165, 1.54) is 6.33 Å². The first kappa shape index (κ1) is 15.7. The van der Waals surface area contributed by atoms with Crippen molar-refractivity contribution in [1.82, 2.24) is 14.8 Å². The Kier molecular flexibility index (Phi) is 4.49. The van der Waals surface area contributed by atoms with Gasteiger partial charge in [0.1, 0.15) is 18.3 Å². The Morgan fingerprint density at radius 3 is 2.43 bits per heavy atom. The van der Waals surface area contributed by atoms with Gasteiger partial charge in [-0.25, -0.2) is 9.67 Å². The lowest BCUT2D eigenvalue weighted by molar-refractivity contribution is -0.0297. The zero-order chi connectivity index (χ0) is 15.5. The van der Waals surface area contributed by atoms with Gasteiger partial charge in [0, 0.05) is 5.02 Å². The summed E-state index contributed by atoms with van der Waals surface area (Å²) in [4.78, 5) is 3.92. The molecule has 0 fully saturated rings. The Bertz CT molecular complexity index is 599. The van der Waals surface area contributed by atoms with Crippen molar-refractivity contribution >= 4 is 17.7 Å². The van der Waals surface area contributed by atoms with E-state index in [4.69, 9.17) is 11.6 Å². The smallest absolute Gasteiger partial charge is 0.137 e. The molecule has 5 heteroatoms. The van der Waals surface area contributed by atoms with Crippen LogP contribution in [0, 0.1) is 5.41 Å². The molecule has 112 valence electrons. The first-order chi connectivity index (χ1) is 9.80. The maximum absolute atomic E-state index is 11.0. The lowest BCUT2D eigenvalue weighted by Gasteiger charge is -2.37. The van der Waals surface area contributed by atoms with Crippen molar-refractivity contribution < 1.29 is 5.11 Å². The van der Waals surface area contributed by atoms with E-state index in [2.05, 4.69) is 10.1 Å². The summed E-state index contributed by atoms with van der Waals surface area (Å²) in [5.41, 5.74) is -0.400. The first-order valence-electron chi connectivity index (χ1n) is 6.80. The van der Waals surface area contributed by atoms with Gasteiger partial charge in [-0.15, -0.1) is 0 Å². The second-order valence-electron chi connectivity index (χ2n) is 6.15. The third kappa shape index (κ3) is 3.93. The highest BCUT2D eigenvalue weighted by Gasteiger charge is 2.38. The standard InChI is InChI=1S/C16H20ClN3O/c1-15(2,3)16(21,10-20-12-18-11-19-20)9-8-13-4-6-14(17)7-5-13/h4-9,11-12,21H,10H2,1-3H3/b9-8+. The van der Waals surface area contributed by atoms with Crippen LogP contribution in [-0.2, 0) is 6.54 Å². The number of aromatic nitrogens is 3. The van der Waals surface area contributed by atoms with Crippen LogP contribution in [0.3, 0.4) is 0 Å². The van der Waals surface area contributed by atoms with Gasteiger partial charge in [0.05, 0.1) is 6.54 Å². The predicted molar refractivity (Wildman–Crippen MR) is 84.9 cm³/mol. The summed E-state index contributed by atoms with van der Waals surface area (Å²) < 4.78 is 1.64. The Morgan fingerprint density at radius 2 is 1.90 bits per heavy atom. The molecule has 2 aromatic rings. The van der Waals surface area contributed by atoms with Crippen molar-refractivity contribution in [3.8, 4) is 0 Å². The molecule has 1 atom stereocenters. The highest BCUT2D eigenvalue weighted by atomic mass is 35.5. The SMILES string of the molecule is CC(C)(C)C(O)(/C=C/c1ccc(Cl)cc1)Cn1cncn1. The third-order valence-corrected chi connectivity index (χ3v) is 3.84. The summed E-state index contributed by atoms with van der Waals surface area (Å²) in [6, 6.07) is 7.48. The van der Waals surface area contributed by atoms with Crippen LogP contribution >= 0.6 is 11.6 Å². The van der Waals surface area contributed by atoms with Crippen LogP contribution < -0.4 is 0 Å². The summed E-state index contributed by atoms with van der Waals surface area (Å²) >= 11 is 5.88. The van der Waals surface area contributed by atoms with Gasteiger partial charge >= 0.3 is 0 Å². The summed E-state index contributed by atoms with van der Waals surface area (Å²) in [5, 5.41) is 15.8. The molecular weight excluding hydrogens is 286 g/mol. The zero-order valence-corrected chi connectivity index (χ0v) is 13.2. The van der Waals surface area contributed by atoms with Crippen LogP contribution in [0.25, 0.3) is 6.08 Å². The largest absolute Gasteiger partial charge is 0.383 e. The molecule has 0 aliphatic carbocycles. The van der Waals surface area contributed by atoms with Crippen LogP contribution in [0.4, 0.5) is 0 Å². The van der Waals surface area contributed by atoms with E-state index < -0.39 is 5.60 Å². The van der Waals surface area contributed by atoms with Crippen LogP contribution in [0.15, 0.2) is 43.0 Å². The number of hydrogen-bond acceptors (Lipinski definition) is 3. The van der Waals surface area contributed by atoms with Gasteiger partial charge in [-0.1, -0.05) is 56.7 Å². The minimum absolute atomic E-state index is 0.345. The average molecular weight is 306 g/mol. The minimum Gasteiger partial charge on any atom is -0.383 e. The van der Waals surface area contributed by atoms with Crippen molar-refractivity contribution in [3.05, 3.63) is 53.6 Å². The second-order valence-corrected chi connectivity index (χ2v) is 6.59. The summed E-state index contributed by atoms with van der Waals surface area (Å²) in [5.74, 6) is 0. The predicted octanol–water partition coefficient (Wildman–Crippen LogP) is 3.42. The van der Waals surface area contributed by atoms with Gasteiger partial charge in [-0.3, -0.25) is 0 Å². The number of hydrogen-bond donors (Lipinski definition) is 1. The summed E-state index contributed by atoms with van der Waals surface area (Å²) in [6.45, 7) is 6.34. The van der Waals surface area contributed by atoms with Gasteiger partial charge in [-0.2, -0.15) is 5.10 Å². The number of rotatable bonds is 4. The fraction of sp³-hybridized carbons (Fsp3) is 0.375. The molecule has 1 aromatic heterocycles. The lowest BCUT2D eigenvalue weighted by Crippen LogP contribution is -2.44. The number of nitrogens with zero attached hydrogens (tertiary/aromatic N) is 3. The van der Waals surface area contributed by atoms with Gasteiger partial charge in [-0.05, 0) is 23.1 Å². The van der Waals surface area contributed by atoms with Crippen molar-refractivity contribution in [2.75, 3.05) is 0 Å². The van der Waals surface area contributed by atoms with Crippen molar-refractivity contribution in [2.45, 2.75) is 32.9 Å². The molecule has 1 aromatic carbocycles. The molecule has 21 heavy (non-hydrogen) atoms. The maximum Gasteiger partial charge on any atom is 0.137 e. The van der Waals surface area contributed by atoms with Crippen LogP contribution in [0.5, 0.6) is 0 Å². The summed E-state index contributed by atoms with van der Waals surface area (Å²) in [7, 11) is 0. The van der Waals surface area contributed by atoms with Gasteiger partial charge < -0.3 is 5.11 Å². The molecule has 0 aliphatic rings. The Hall–Kier alpha value is -1.65. The van der Waals surface area contributed by atoms with E-state index in [9.17, 15) is 5.11 Å². The molecule has 0 bridgehead atoms. The molecule has 0 radical (unpaired) electrons. The molecule has 0 saturated carbocycles. The fourth-order valence-corrected chi connectivity index (χ4v) is 2.04. The number of aliphatic hydroxyl groups is 1. The maximum atomic E-state index is 11.0. The molecule has 4 nitrogen and oxygen atoms in total. The highest BCUT2D eigenvalue weighted by Crippen LogP contribution is 2.33. The van der Waals surface area contributed by atoms with Gasteiger partial charge in [0.25, 0.3) is 0 Å². The van der Waals surface area contributed by atoms with Crippen LogP contribution in [-0.4, -0.2) is 25.5 Å². The Morgan fingerprint density at radius 1 is 1.24 bits per heavy atom. The molecule has 0 aliphatic heterocycles. The number of benzene rings is 1. The first-order valence-corrected chi connectivity index (χ1v) is 7.18. The fourth-order valence-electron chi connectivity index (χ4n) is 1.91. The van der Waals surface area contributed by atoms with Crippen molar-refractivity contribution in [3.63, 3.8) is 0 Å². The van der Waals surface area contributed by atoms with Crippen LogP contribution in [0.1, 0.15) is 26.3 Å². The zero-order valence-electron chi connectivity index (χ0n) is 12.5. The molecule has 0 spiro atoms. The third-order valence-electron chi connectivity index (χ3n) is 3.59. The van der Waals surface area contributed by atoms with E-state index in [1.54, 1.807) is 11.0 Å². The van der Waals surface area contributed by atoms with E-state index in [-0.39, 0.29) is 5.41 Å². The monoisotopic (exact) mass is 305 g/mol. The minimum atomic E-state index is -1.04. The quantitative estimate of drug-likeness (QED) is 0.941. The molecule has 2 rings (SSSR count). The van der Waals surface area contributed by atoms with E-state index in [0.29, 0.717) is 11.6 Å². The molecule has 1 unspecified atom stereocenters. The highest BCUT2D eigenvalue weighted by molar-refractivity contribution is 6.30. The second kappa shape index (κ2) is 6.00. The van der Waals surface area contributed by atoms with E-state index in [1.807, 2.05) is 57.2 Å². The Labute approximate surface area is 130 Å². The molecular formula is C16H20ClN3O. The summed E-state index contributed by atoms with van der Waals surface area (Å²) in [6.07, 6.45) is 6.79. The lowest BCUT2D eigenvalue weighted by atomic mass is 9.76. The van der Waals surface area contributed by atoms with Gasteiger partial charge in [0.2, 0.25) is 0 Å². The van der Waals surface area contributed by atoms with Crippen molar-refractivity contribution in [2.24, 2.45) is 5.41 Å². The van der Waals surface area contributed by atoms with Crippen LogP contribution in [0.2, 0.25) is 5.02 Å². The normalized spacial score (nSPS) is 15.3.